The molecule has 0 fully saturated rings. The summed E-state index contributed by atoms with van der Waals surface area (Å²) in [5, 5.41) is 2.83. The van der Waals surface area contributed by atoms with Gasteiger partial charge in [-0.3, -0.25) is 9.59 Å². The quantitative estimate of drug-likeness (QED) is 0.881. The molecule has 4 heteroatoms. The molecule has 2 rings (SSSR count). The average Bonchev–Trinajstić information content (AvgIpc) is 2.37. The van der Waals surface area contributed by atoms with E-state index < -0.39 is 5.54 Å². The van der Waals surface area contributed by atoms with Crippen molar-refractivity contribution in [2.45, 2.75) is 26.3 Å². The molecule has 1 heterocycles. The van der Waals surface area contributed by atoms with Gasteiger partial charge in [0.25, 0.3) is 11.5 Å². The minimum absolute atomic E-state index is 0.147. The Morgan fingerprint density at radius 2 is 1.75 bits per heavy atom. The van der Waals surface area contributed by atoms with Gasteiger partial charge >= 0.3 is 0 Å². The summed E-state index contributed by atoms with van der Waals surface area (Å²) in [4.78, 5) is 26.9. The number of amides is 1. The Kier molecular flexibility index (Phi) is 3.74. The number of nitrogens with one attached hydrogen (secondary N) is 2. The number of rotatable bonds is 2. The molecule has 20 heavy (non-hydrogen) atoms. The third-order valence-corrected chi connectivity index (χ3v) is 2.76. The maximum Gasteiger partial charge on any atom is 0.261 e. The fraction of sp³-hybridized carbons (Fsp3) is 0.250. The Hall–Kier alpha value is -2.36. The Labute approximate surface area is 117 Å². The zero-order valence-electron chi connectivity index (χ0n) is 11.9. The fourth-order valence-electron chi connectivity index (χ4n) is 1.97. The minimum Gasteiger partial charge on any atom is -0.347 e. The molecule has 4 nitrogen and oxygen atoms in total. The molecule has 0 saturated carbocycles. The first-order chi connectivity index (χ1) is 9.38. The second-order valence-corrected chi connectivity index (χ2v) is 5.67. The highest BCUT2D eigenvalue weighted by Crippen LogP contribution is 2.21. The van der Waals surface area contributed by atoms with Crippen molar-refractivity contribution in [2.75, 3.05) is 0 Å². The lowest BCUT2D eigenvalue weighted by Gasteiger charge is -2.21. The maximum absolute atomic E-state index is 12.3. The van der Waals surface area contributed by atoms with Gasteiger partial charge in [-0.1, -0.05) is 30.3 Å². The summed E-state index contributed by atoms with van der Waals surface area (Å²) >= 11 is 0. The number of carbonyl (C=O) groups is 1. The van der Waals surface area contributed by atoms with Crippen LogP contribution in [-0.2, 0) is 0 Å². The van der Waals surface area contributed by atoms with Crippen molar-refractivity contribution >= 4 is 5.91 Å². The summed E-state index contributed by atoms with van der Waals surface area (Å²) < 4.78 is 0. The third kappa shape index (κ3) is 3.15. The van der Waals surface area contributed by atoms with Crippen LogP contribution < -0.4 is 10.9 Å². The first-order valence-electron chi connectivity index (χ1n) is 6.48. The van der Waals surface area contributed by atoms with Crippen LogP contribution >= 0.6 is 0 Å². The van der Waals surface area contributed by atoms with Crippen LogP contribution in [-0.4, -0.2) is 16.4 Å². The van der Waals surface area contributed by atoms with E-state index in [1.807, 2.05) is 51.1 Å². The van der Waals surface area contributed by atoms with Crippen molar-refractivity contribution in [1.82, 2.24) is 10.3 Å². The first kappa shape index (κ1) is 14.1. The molecule has 0 unspecified atom stereocenters. The molecule has 1 amide bonds. The lowest BCUT2D eigenvalue weighted by atomic mass is 10.00. The summed E-state index contributed by atoms with van der Waals surface area (Å²) in [6.45, 7) is 5.64. The van der Waals surface area contributed by atoms with Gasteiger partial charge in [0, 0.05) is 17.3 Å². The Morgan fingerprint density at radius 1 is 1.10 bits per heavy atom. The van der Waals surface area contributed by atoms with Crippen LogP contribution in [0.15, 0.2) is 47.4 Å². The van der Waals surface area contributed by atoms with Gasteiger partial charge in [-0.15, -0.1) is 0 Å². The highest BCUT2D eigenvalue weighted by Gasteiger charge is 2.21. The molecule has 0 aliphatic carbocycles. The van der Waals surface area contributed by atoms with Crippen molar-refractivity contribution in [3.8, 4) is 11.1 Å². The van der Waals surface area contributed by atoms with E-state index >= 15 is 0 Å². The molecular formula is C16H18N2O2. The number of carbonyl (C=O) groups excluding carboxylic acids is 1. The van der Waals surface area contributed by atoms with Crippen LogP contribution in [0.4, 0.5) is 0 Å². The summed E-state index contributed by atoms with van der Waals surface area (Å²) in [6.07, 6.45) is 1.55. The topological polar surface area (TPSA) is 62.0 Å². The largest absolute Gasteiger partial charge is 0.347 e. The number of pyridine rings is 1. The lowest BCUT2D eigenvalue weighted by molar-refractivity contribution is 0.0918. The first-order valence-corrected chi connectivity index (χ1v) is 6.48. The van der Waals surface area contributed by atoms with Crippen LogP contribution in [0.1, 0.15) is 31.1 Å². The molecule has 0 aliphatic rings. The second-order valence-electron chi connectivity index (χ2n) is 5.67. The van der Waals surface area contributed by atoms with Crippen LogP contribution in [0.3, 0.4) is 0 Å². The molecule has 1 aromatic carbocycles. The zero-order chi connectivity index (χ0) is 14.8. The summed E-state index contributed by atoms with van der Waals surface area (Å²) in [6, 6.07) is 11.1. The SMILES string of the molecule is CC(C)(C)NC(=O)c1c(-c2ccccc2)cc[nH]c1=O. The predicted molar refractivity (Wildman–Crippen MR) is 79.7 cm³/mol. The number of hydrogen-bond donors (Lipinski definition) is 2. The Morgan fingerprint density at radius 3 is 2.35 bits per heavy atom. The van der Waals surface area contributed by atoms with E-state index in [4.69, 9.17) is 0 Å². The number of H-pyrrole nitrogens is 1. The third-order valence-electron chi connectivity index (χ3n) is 2.76. The van der Waals surface area contributed by atoms with Crippen molar-refractivity contribution in [3.63, 3.8) is 0 Å². The van der Waals surface area contributed by atoms with Crippen molar-refractivity contribution < 1.29 is 4.79 Å². The van der Waals surface area contributed by atoms with Crippen molar-refractivity contribution in [3.05, 3.63) is 58.5 Å². The number of aromatic nitrogens is 1. The molecule has 0 saturated heterocycles. The molecule has 2 N–H and O–H groups in total. The van der Waals surface area contributed by atoms with E-state index in [2.05, 4.69) is 10.3 Å². The Balaban J connectivity index is 2.53. The van der Waals surface area contributed by atoms with E-state index in [0.717, 1.165) is 5.56 Å². The van der Waals surface area contributed by atoms with Gasteiger partial charge in [-0.05, 0) is 32.4 Å². The van der Waals surface area contributed by atoms with Gasteiger partial charge in [-0.25, -0.2) is 0 Å². The van der Waals surface area contributed by atoms with Gasteiger partial charge in [0.1, 0.15) is 5.56 Å². The normalized spacial score (nSPS) is 11.2. The second kappa shape index (κ2) is 5.33. The van der Waals surface area contributed by atoms with E-state index in [0.29, 0.717) is 5.56 Å². The lowest BCUT2D eigenvalue weighted by Crippen LogP contribution is -2.42. The van der Waals surface area contributed by atoms with E-state index in [1.54, 1.807) is 12.3 Å². The molecule has 0 spiro atoms. The monoisotopic (exact) mass is 270 g/mol. The van der Waals surface area contributed by atoms with Gasteiger partial charge in [0.05, 0.1) is 0 Å². The fourth-order valence-corrected chi connectivity index (χ4v) is 1.97. The van der Waals surface area contributed by atoms with E-state index in [-0.39, 0.29) is 17.0 Å². The molecular weight excluding hydrogens is 252 g/mol. The predicted octanol–water partition coefficient (Wildman–Crippen LogP) is 2.57. The van der Waals surface area contributed by atoms with E-state index in [1.165, 1.54) is 0 Å². The molecule has 0 atom stereocenters. The maximum atomic E-state index is 12.3. The average molecular weight is 270 g/mol. The molecule has 104 valence electrons. The van der Waals surface area contributed by atoms with Gasteiger partial charge < -0.3 is 10.3 Å². The number of benzene rings is 1. The minimum atomic E-state index is -0.396. The highest BCUT2D eigenvalue weighted by atomic mass is 16.2. The van der Waals surface area contributed by atoms with Gasteiger partial charge in [0.2, 0.25) is 0 Å². The molecule has 1 aromatic heterocycles. The summed E-state index contributed by atoms with van der Waals surface area (Å²) in [5.41, 5.74) is 0.850. The molecule has 0 radical (unpaired) electrons. The summed E-state index contributed by atoms with van der Waals surface area (Å²) in [5.74, 6) is -0.363. The summed E-state index contributed by atoms with van der Waals surface area (Å²) in [7, 11) is 0. The highest BCUT2D eigenvalue weighted by molar-refractivity contribution is 6.00. The Bertz CT molecular complexity index is 667. The number of aromatic amines is 1. The van der Waals surface area contributed by atoms with Gasteiger partial charge in [-0.2, -0.15) is 0 Å². The molecule has 0 bridgehead atoms. The van der Waals surface area contributed by atoms with Crippen LogP contribution in [0.2, 0.25) is 0 Å². The van der Waals surface area contributed by atoms with Crippen molar-refractivity contribution in [2.24, 2.45) is 0 Å². The smallest absolute Gasteiger partial charge is 0.261 e. The molecule has 2 aromatic rings. The van der Waals surface area contributed by atoms with E-state index in [9.17, 15) is 9.59 Å². The molecule has 0 aliphatic heterocycles. The van der Waals surface area contributed by atoms with Crippen molar-refractivity contribution in [1.29, 1.82) is 0 Å². The zero-order valence-corrected chi connectivity index (χ0v) is 11.9. The standard InChI is InChI=1S/C16H18N2O2/c1-16(2,3)18-15(20)13-12(9-10-17-14(13)19)11-7-5-4-6-8-11/h4-10H,1-3H3,(H,17,19)(H,18,20). The van der Waals surface area contributed by atoms with Crippen LogP contribution in [0, 0.1) is 0 Å². The van der Waals surface area contributed by atoms with Gasteiger partial charge in [0.15, 0.2) is 0 Å². The van der Waals surface area contributed by atoms with Crippen LogP contribution in [0.25, 0.3) is 11.1 Å². The number of hydrogen-bond acceptors (Lipinski definition) is 2. The van der Waals surface area contributed by atoms with Crippen LogP contribution in [0.5, 0.6) is 0 Å².